The number of H-pyrrole nitrogens is 1. The Hall–Kier alpha value is -3.01. The molecule has 0 saturated heterocycles. The largest absolute Gasteiger partial charge is 0.361 e. The maximum absolute atomic E-state index is 12.4. The molecule has 29 heavy (non-hydrogen) atoms. The number of aromatic amines is 1. The zero-order valence-electron chi connectivity index (χ0n) is 15.9. The van der Waals surface area contributed by atoms with E-state index in [2.05, 4.69) is 30.3 Å². The number of nitrogens with one attached hydrogen (secondary N) is 4. The van der Waals surface area contributed by atoms with Gasteiger partial charge in [-0.25, -0.2) is 18.9 Å². The molecule has 0 amide bonds. The maximum atomic E-state index is 12.4. The summed E-state index contributed by atoms with van der Waals surface area (Å²) < 4.78 is 15.1. The van der Waals surface area contributed by atoms with Gasteiger partial charge in [-0.1, -0.05) is 6.07 Å². The van der Waals surface area contributed by atoms with E-state index in [1.165, 1.54) is 6.33 Å². The third-order valence-electron chi connectivity index (χ3n) is 4.54. The fourth-order valence-corrected chi connectivity index (χ4v) is 4.00. The SMILES string of the molecule is CNS(=O)(=S)c1ccc(C)c(Nc2cc(Nc3ccc4[nH]ccc4c3)ncn2)c1. The van der Waals surface area contributed by atoms with Crippen LogP contribution in [0.5, 0.6) is 0 Å². The summed E-state index contributed by atoms with van der Waals surface area (Å²) in [5, 5.41) is 7.68. The lowest BCUT2D eigenvalue weighted by molar-refractivity contribution is 0.676. The standard InChI is InChI=1S/C20H20N6OS2/c1-13-3-5-16(29(27,28)21-2)10-18(13)26-20-11-19(23-12-24-20)25-15-4-6-17-14(9-15)7-8-22-17/h3-12,21-22H,1-2H3,(H2,23,24,25,26). The third-order valence-corrected chi connectivity index (χ3v) is 7.03. The summed E-state index contributed by atoms with van der Waals surface area (Å²) >= 11 is 5.15. The van der Waals surface area contributed by atoms with Crippen molar-refractivity contribution >= 4 is 53.8 Å². The lowest BCUT2D eigenvalue weighted by Gasteiger charge is -2.13. The monoisotopic (exact) mass is 424 g/mol. The molecule has 0 radical (unpaired) electrons. The number of aryl methyl sites for hydroxylation is 1. The van der Waals surface area contributed by atoms with E-state index in [-0.39, 0.29) is 0 Å². The van der Waals surface area contributed by atoms with Crippen molar-refractivity contribution in [3.05, 3.63) is 66.6 Å². The minimum absolute atomic E-state index is 0.551. The van der Waals surface area contributed by atoms with Crippen molar-refractivity contribution in [2.24, 2.45) is 0 Å². The molecular weight excluding hydrogens is 404 g/mol. The summed E-state index contributed by atoms with van der Waals surface area (Å²) in [4.78, 5) is 12.3. The van der Waals surface area contributed by atoms with Crippen LogP contribution in [0.15, 0.2) is 66.0 Å². The number of benzene rings is 2. The van der Waals surface area contributed by atoms with E-state index < -0.39 is 8.68 Å². The molecule has 4 rings (SSSR count). The molecule has 4 aromatic rings. The Morgan fingerprint density at radius 1 is 1.00 bits per heavy atom. The second-order valence-electron chi connectivity index (χ2n) is 6.50. The molecule has 4 N–H and O–H groups in total. The van der Waals surface area contributed by atoms with Crippen molar-refractivity contribution in [3.8, 4) is 0 Å². The molecule has 2 heterocycles. The van der Waals surface area contributed by atoms with Gasteiger partial charge in [0.2, 0.25) is 0 Å². The first-order chi connectivity index (χ1) is 13.9. The summed E-state index contributed by atoms with van der Waals surface area (Å²) in [5.41, 5.74) is 3.78. The number of rotatable bonds is 6. The third kappa shape index (κ3) is 4.21. The van der Waals surface area contributed by atoms with Gasteiger partial charge in [-0.2, -0.15) is 0 Å². The summed E-state index contributed by atoms with van der Waals surface area (Å²) in [6.45, 7) is 1.96. The van der Waals surface area contributed by atoms with Crippen LogP contribution in [-0.4, -0.2) is 26.2 Å². The molecule has 7 nitrogen and oxygen atoms in total. The lowest BCUT2D eigenvalue weighted by atomic mass is 10.2. The Labute approximate surface area is 173 Å². The summed E-state index contributed by atoms with van der Waals surface area (Å²) in [6.07, 6.45) is 3.40. The molecule has 0 aliphatic carbocycles. The fourth-order valence-electron chi connectivity index (χ4n) is 2.93. The zero-order chi connectivity index (χ0) is 20.4. The number of nitrogens with zero attached hydrogens (tertiary/aromatic N) is 2. The predicted octanol–water partition coefficient (Wildman–Crippen LogP) is 3.99. The minimum Gasteiger partial charge on any atom is -0.361 e. The van der Waals surface area contributed by atoms with Crippen LogP contribution in [0.1, 0.15) is 5.56 Å². The van der Waals surface area contributed by atoms with Gasteiger partial charge in [-0.15, -0.1) is 0 Å². The normalized spacial score (nSPS) is 13.2. The van der Waals surface area contributed by atoms with E-state index in [0.717, 1.165) is 27.8 Å². The maximum Gasteiger partial charge on any atom is 0.135 e. The molecule has 2 aromatic heterocycles. The van der Waals surface area contributed by atoms with Gasteiger partial charge < -0.3 is 15.6 Å². The van der Waals surface area contributed by atoms with E-state index in [1.807, 2.05) is 49.5 Å². The van der Waals surface area contributed by atoms with Crippen molar-refractivity contribution < 1.29 is 4.21 Å². The first-order valence-electron chi connectivity index (χ1n) is 8.92. The van der Waals surface area contributed by atoms with Gasteiger partial charge in [-0.05, 0) is 55.9 Å². The van der Waals surface area contributed by atoms with Crippen LogP contribution in [0.4, 0.5) is 23.0 Å². The predicted molar refractivity (Wildman–Crippen MR) is 121 cm³/mol. The summed E-state index contributed by atoms with van der Waals surface area (Å²) in [7, 11) is -1.10. The van der Waals surface area contributed by atoms with Gasteiger partial charge in [-0.3, -0.25) is 0 Å². The van der Waals surface area contributed by atoms with E-state index in [0.29, 0.717) is 16.5 Å². The van der Waals surface area contributed by atoms with Gasteiger partial charge in [0.15, 0.2) is 0 Å². The molecule has 0 aliphatic heterocycles. The van der Waals surface area contributed by atoms with Gasteiger partial charge >= 0.3 is 0 Å². The fraction of sp³-hybridized carbons (Fsp3) is 0.100. The van der Waals surface area contributed by atoms with Crippen molar-refractivity contribution in [3.63, 3.8) is 0 Å². The number of anilines is 4. The van der Waals surface area contributed by atoms with E-state index in [4.69, 9.17) is 11.2 Å². The van der Waals surface area contributed by atoms with E-state index in [1.54, 1.807) is 19.2 Å². The Morgan fingerprint density at radius 2 is 1.79 bits per heavy atom. The molecule has 0 saturated carbocycles. The molecule has 2 aromatic carbocycles. The second-order valence-corrected chi connectivity index (χ2v) is 9.80. The number of aromatic nitrogens is 3. The van der Waals surface area contributed by atoms with Crippen molar-refractivity contribution in [1.29, 1.82) is 0 Å². The highest BCUT2D eigenvalue weighted by atomic mass is 32.8. The molecule has 9 heteroatoms. The summed E-state index contributed by atoms with van der Waals surface area (Å²) in [6, 6.07) is 15.3. The molecule has 0 spiro atoms. The molecule has 0 bridgehead atoms. The Bertz CT molecular complexity index is 1280. The lowest BCUT2D eigenvalue weighted by Crippen LogP contribution is -2.17. The van der Waals surface area contributed by atoms with Crippen LogP contribution in [0, 0.1) is 6.92 Å². The second kappa shape index (κ2) is 7.78. The van der Waals surface area contributed by atoms with E-state index >= 15 is 0 Å². The van der Waals surface area contributed by atoms with Crippen LogP contribution >= 0.6 is 0 Å². The van der Waals surface area contributed by atoms with E-state index in [9.17, 15) is 4.21 Å². The van der Waals surface area contributed by atoms with Crippen LogP contribution in [0.25, 0.3) is 10.9 Å². The average molecular weight is 425 g/mol. The smallest absolute Gasteiger partial charge is 0.135 e. The van der Waals surface area contributed by atoms with Crippen LogP contribution in [0.3, 0.4) is 0 Å². The van der Waals surface area contributed by atoms with Gasteiger partial charge in [0, 0.05) is 45.7 Å². The van der Waals surface area contributed by atoms with Crippen molar-refractivity contribution in [2.45, 2.75) is 11.8 Å². The highest BCUT2D eigenvalue weighted by molar-refractivity contribution is 8.31. The molecule has 148 valence electrons. The van der Waals surface area contributed by atoms with Crippen LogP contribution in [0.2, 0.25) is 0 Å². The number of hydrogen-bond donors (Lipinski definition) is 4. The van der Waals surface area contributed by atoms with Gasteiger partial charge in [0.05, 0.1) is 4.90 Å². The highest BCUT2D eigenvalue weighted by Gasteiger charge is 2.10. The molecular formula is C20H20N6OS2. The Morgan fingerprint density at radius 3 is 2.59 bits per heavy atom. The number of hydrogen-bond acceptors (Lipinski definition) is 6. The minimum atomic E-state index is -2.70. The van der Waals surface area contributed by atoms with Crippen LogP contribution in [-0.2, 0) is 19.9 Å². The molecule has 0 aliphatic rings. The Balaban J connectivity index is 1.58. The average Bonchev–Trinajstić information content (AvgIpc) is 3.18. The quantitative estimate of drug-likeness (QED) is 0.374. The molecule has 1 unspecified atom stereocenters. The topological polar surface area (TPSA) is 94.7 Å². The van der Waals surface area contributed by atoms with Crippen LogP contribution < -0.4 is 15.4 Å². The van der Waals surface area contributed by atoms with Crippen molar-refractivity contribution in [2.75, 3.05) is 17.7 Å². The number of fused-ring (bicyclic) bond motifs is 1. The van der Waals surface area contributed by atoms with Gasteiger partial charge in [0.25, 0.3) is 0 Å². The molecule has 0 fully saturated rings. The Kier molecular flexibility index (Phi) is 5.18. The first kappa shape index (κ1) is 19.3. The first-order valence-corrected chi connectivity index (χ1v) is 11.4. The molecule has 1 atom stereocenters. The van der Waals surface area contributed by atoms with Gasteiger partial charge in [0.1, 0.15) is 26.6 Å². The highest BCUT2D eigenvalue weighted by Crippen LogP contribution is 2.25. The summed E-state index contributed by atoms with van der Waals surface area (Å²) in [5.74, 6) is 1.28. The zero-order valence-corrected chi connectivity index (χ0v) is 17.5. The van der Waals surface area contributed by atoms with Crippen molar-refractivity contribution in [1.82, 2.24) is 19.7 Å².